The molecule has 0 bridgehead atoms. The summed E-state index contributed by atoms with van der Waals surface area (Å²) < 4.78 is 7.47. The van der Waals surface area contributed by atoms with Crippen LogP contribution in [0.25, 0.3) is 22.1 Å². The lowest BCUT2D eigenvalue weighted by atomic mass is 10.0. The summed E-state index contributed by atoms with van der Waals surface area (Å²) in [6.45, 7) is 2.98. The highest BCUT2D eigenvalue weighted by Crippen LogP contribution is 2.29. The van der Waals surface area contributed by atoms with E-state index in [2.05, 4.69) is 27.2 Å². The standard InChI is InChI=1S/C21H22N6O2/c1-26-10-6-15(13-26)18-19-20(23-8-7-22-19)27(25-18)11-9-24-21(28)17-12-14-4-2-3-5-16(14)29-17/h2-5,7-8,12,15H,6,9-11,13H2,1H3,(H,24,28). The van der Waals surface area contributed by atoms with Gasteiger partial charge in [0.1, 0.15) is 11.1 Å². The minimum atomic E-state index is -0.235. The van der Waals surface area contributed by atoms with Gasteiger partial charge >= 0.3 is 0 Å². The maximum Gasteiger partial charge on any atom is 0.287 e. The van der Waals surface area contributed by atoms with Crippen molar-refractivity contribution >= 4 is 28.0 Å². The Morgan fingerprint density at radius 2 is 2.14 bits per heavy atom. The highest BCUT2D eigenvalue weighted by atomic mass is 16.3. The van der Waals surface area contributed by atoms with E-state index in [0.29, 0.717) is 30.4 Å². The Bertz CT molecular complexity index is 1150. The molecule has 8 nitrogen and oxygen atoms in total. The number of amides is 1. The van der Waals surface area contributed by atoms with Crippen molar-refractivity contribution in [2.45, 2.75) is 18.9 Å². The molecule has 5 rings (SSSR count). The molecule has 0 radical (unpaired) electrons. The summed E-state index contributed by atoms with van der Waals surface area (Å²) in [5.74, 6) is 0.443. The highest BCUT2D eigenvalue weighted by Gasteiger charge is 2.27. The van der Waals surface area contributed by atoms with Crippen molar-refractivity contribution in [1.82, 2.24) is 30.0 Å². The van der Waals surface area contributed by atoms with E-state index in [-0.39, 0.29) is 5.91 Å². The minimum absolute atomic E-state index is 0.235. The lowest BCUT2D eigenvalue weighted by Crippen LogP contribution is -2.27. The SMILES string of the molecule is CN1CCC(c2nn(CCNC(=O)c3cc4ccccc4o3)c3nccnc23)C1. The van der Waals surface area contributed by atoms with E-state index >= 15 is 0 Å². The Hall–Kier alpha value is -3.26. The third-order valence-electron chi connectivity index (χ3n) is 5.43. The number of nitrogens with one attached hydrogen (secondary N) is 1. The Morgan fingerprint density at radius 1 is 1.28 bits per heavy atom. The van der Waals surface area contributed by atoms with Crippen LogP contribution in [0.15, 0.2) is 47.1 Å². The molecule has 1 N–H and O–H groups in total. The van der Waals surface area contributed by atoms with E-state index in [1.165, 1.54) is 0 Å². The molecule has 1 fully saturated rings. The minimum Gasteiger partial charge on any atom is -0.451 e. The zero-order valence-corrected chi connectivity index (χ0v) is 16.2. The molecule has 1 amide bonds. The van der Waals surface area contributed by atoms with Gasteiger partial charge in [-0.3, -0.25) is 4.79 Å². The lowest BCUT2D eigenvalue weighted by Gasteiger charge is -2.07. The van der Waals surface area contributed by atoms with Crippen LogP contribution in [0, 0.1) is 0 Å². The van der Waals surface area contributed by atoms with Crippen LogP contribution in [-0.4, -0.2) is 57.2 Å². The number of likely N-dealkylation sites (N-methyl/N-ethyl adjacent to an activating group) is 1. The molecule has 29 heavy (non-hydrogen) atoms. The van der Waals surface area contributed by atoms with Crippen LogP contribution in [0.3, 0.4) is 0 Å². The van der Waals surface area contributed by atoms with Gasteiger partial charge in [0, 0.05) is 36.8 Å². The number of carbonyl (C=O) groups is 1. The van der Waals surface area contributed by atoms with Crippen molar-refractivity contribution in [3.05, 3.63) is 54.2 Å². The molecule has 0 aliphatic carbocycles. The van der Waals surface area contributed by atoms with Crippen molar-refractivity contribution in [2.75, 3.05) is 26.7 Å². The molecule has 1 aliphatic rings. The van der Waals surface area contributed by atoms with Crippen molar-refractivity contribution in [2.24, 2.45) is 0 Å². The van der Waals surface area contributed by atoms with Gasteiger partial charge in [-0.1, -0.05) is 18.2 Å². The molecule has 1 atom stereocenters. The summed E-state index contributed by atoms with van der Waals surface area (Å²) in [7, 11) is 2.12. The van der Waals surface area contributed by atoms with Crippen LogP contribution in [0.5, 0.6) is 0 Å². The van der Waals surface area contributed by atoms with Crippen molar-refractivity contribution in [3.8, 4) is 0 Å². The van der Waals surface area contributed by atoms with E-state index in [1.54, 1.807) is 18.5 Å². The first-order valence-electron chi connectivity index (χ1n) is 9.82. The fourth-order valence-corrected chi connectivity index (χ4v) is 3.97. The third kappa shape index (κ3) is 3.36. The van der Waals surface area contributed by atoms with Crippen LogP contribution >= 0.6 is 0 Å². The van der Waals surface area contributed by atoms with Crippen LogP contribution in [-0.2, 0) is 6.54 Å². The second-order valence-electron chi connectivity index (χ2n) is 7.49. The van der Waals surface area contributed by atoms with E-state index < -0.39 is 0 Å². The average Bonchev–Trinajstić information content (AvgIpc) is 3.44. The van der Waals surface area contributed by atoms with Gasteiger partial charge in [-0.2, -0.15) is 5.10 Å². The molecule has 0 spiro atoms. The normalized spacial score (nSPS) is 17.3. The quantitative estimate of drug-likeness (QED) is 0.563. The zero-order valence-electron chi connectivity index (χ0n) is 16.2. The first kappa shape index (κ1) is 17.8. The number of aromatic nitrogens is 4. The van der Waals surface area contributed by atoms with Crippen LogP contribution < -0.4 is 5.32 Å². The van der Waals surface area contributed by atoms with Crippen LogP contribution in [0.2, 0.25) is 0 Å². The zero-order chi connectivity index (χ0) is 19.8. The Labute approximate surface area is 167 Å². The highest BCUT2D eigenvalue weighted by molar-refractivity contribution is 5.96. The number of carbonyl (C=O) groups excluding carboxylic acids is 1. The molecule has 1 saturated heterocycles. The molecule has 1 unspecified atom stereocenters. The maximum atomic E-state index is 12.5. The van der Waals surface area contributed by atoms with Crippen molar-refractivity contribution < 1.29 is 9.21 Å². The summed E-state index contributed by atoms with van der Waals surface area (Å²) in [5, 5.41) is 8.62. The monoisotopic (exact) mass is 390 g/mol. The molecule has 4 aromatic rings. The molecule has 1 aromatic carbocycles. The number of likely N-dealkylation sites (tertiary alicyclic amines) is 1. The first-order chi connectivity index (χ1) is 14.2. The number of hydrogen-bond donors (Lipinski definition) is 1. The Morgan fingerprint density at radius 3 is 2.97 bits per heavy atom. The summed E-state index contributed by atoms with van der Waals surface area (Å²) in [4.78, 5) is 23.7. The van der Waals surface area contributed by atoms with Crippen LogP contribution in [0.1, 0.15) is 28.6 Å². The summed E-state index contributed by atoms with van der Waals surface area (Å²) in [6.07, 6.45) is 4.46. The van der Waals surface area contributed by atoms with Gasteiger partial charge in [0.05, 0.1) is 12.2 Å². The van der Waals surface area contributed by atoms with Crippen molar-refractivity contribution in [3.63, 3.8) is 0 Å². The van der Waals surface area contributed by atoms with Gasteiger partial charge in [-0.15, -0.1) is 0 Å². The number of benzene rings is 1. The molecular weight excluding hydrogens is 368 g/mol. The Kier molecular flexibility index (Phi) is 4.48. The van der Waals surface area contributed by atoms with E-state index in [9.17, 15) is 4.79 Å². The number of furan rings is 1. The largest absolute Gasteiger partial charge is 0.451 e. The van der Waals surface area contributed by atoms with E-state index in [1.807, 2.05) is 28.9 Å². The fraction of sp³-hybridized carbons (Fsp3) is 0.333. The molecule has 0 saturated carbocycles. The topological polar surface area (TPSA) is 89.1 Å². The average molecular weight is 390 g/mol. The third-order valence-corrected chi connectivity index (χ3v) is 5.43. The first-order valence-corrected chi connectivity index (χ1v) is 9.82. The second kappa shape index (κ2) is 7.29. The van der Waals surface area contributed by atoms with Gasteiger partial charge in [-0.05, 0) is 32.1 Å². The maximum absolute atomic E-state index is 12.5. The second-order valence-corrected chi connectivity index (χ2v) is 7.49. The molecular formula is C21H22N6O2. The molecule has 8 heteroatoms. The predicted molar refractivity (Wildman–Crippen MR) is 109 cm³/mol. The van der Waals surface area contributed by atoms with Gasteiger partial charge < -0.3 is 14.6 Å². The summed E-state index contributed by atoms with van der Waals surface area (Å²) in [6, 6.07) is 9.34. The fourth-order valence-electron chi connectivity index (χ4n) is 3.97. The Balaban J connectivity index is 1.31. The predicted octanol–water partition coefficient (Wildman–Crippen LogP) is 2.42. The molecule has 1 aliphatic heterocycles. The number of fused-ring (bicyclic) bond motifs is 2. The van der Waals surface area contributed by atoms with Gasteiger partial charge in [0.15, 0.2) is 11.4 Å². The van der Waals surface area contributed by atoms with E-state index in [4.69, 9.17) is 9.52 Å². The van der Waals surface area contributed by atoms with E-state index in [0.717, 1.165) is 41.8 Å². The number of hydrogen-bond acceptors (Lipinski definition) is 6. The molecule has 4 heterocycles. The van der Waals surface area contributed by atoms with Crippen molar-refractivity contribution in [1.29, 1.82) is 0 Å². The molecule has 148 valence electrons. The molecule has 3 aromatic heterocycles. The lowest BCUT2D eigenvalue weighted by molar-refractivity contribution is 0.0926. The van der Waals surface area contributed by atoms with Crippen LogP contribution in [0.4, 0.5) is 0 Å². The van der Waals surface area contributed by atoms with Gasteiger partial charge in [0.25, 0.3) is 5.91 Å². The number of rotatable bonds is 5. The van der Waals surface area contributed by atoms with Gasteiger partial charge in [-0.25, -0.2) is 14.6 Å². The summed E-state index contributed by atoms with van der Waals surface area (Å²) in [5.41, 5.74) is 3.32. The number of nitrogens with zero attached hydrogens (tertiary/aromatic N) is 5. The number of para-hydroxylation sites is 1. The van der Waals surface area contributed by atoms with Gasteiger partial charge in [0.2, 0.25) is 0 Å². The summed E-state index contributed by atoms with van der Waals surface area (Å²) >= 11 is 0. The smallest absolute Gasteiger partial charge is 0.287 e.